The van der Waals surface area contributed by atoms with Crippen molar-refractivity contribution >= 4 is 5.91 Å². The van der Waals surface area contributed by atoms with Gasteiger partial charge in [-0.3, -0.25) is 4.79 Å². The van der Waals surface area contributed by atoms with Gasteiger partial charge in [0.1, 0.15) is 6.23 Å². The maximum atomic E-state index is 11.6. The molecule has 1 radical (unpaired) electrons. The normalized spacial score (nSPS) is 12.2. The van der Waals surface area contributed by atoms with E-state index in [2.05, 4.69) is 12.2 Å². The largest absolute Gasteiger partial charge is 0.362 e. The van der Waals surface area contributed by atoms with Gasteiger partial charge in [-0.05, 0) is 25.5 Å². The number of ether oxygens (including phenoxy) is 1. The van der Waals surface area contributed by atoms with E-state index in [1.807, 2.05) is 6.07 Å². The van der Waals surface area contributed by atoms with Crippen LogP contribution in [0.3, 0.4) is 0 Å². The first kappa shape index (κ1) is 10.7. The third-order valence-corrected chi connectivity index (χ3v) is 1.95. The summed E-state index contributed by atoms with van der Waals surface area (Å²) in [5, 5.41) is 2.69. The second-order valence-electron chi connectivity index (χ2n) is 3.01. The summed E-state index contributed by atoms with van der Waals surface area (Å²) in [7, 11) is 1.54. The van der Waals surface area contributed by atoms with Crippen molar-refractivity contribution in [3.63, 3.8) is 0 Å². The Hall–Kier alpha value is -1.35. The summed E-state index contributed by atoms with van der Waals surface area (Å²) in [6.07, 6.45) is -0.290. The van der Waals surface area contributed by atoms with Gasteiger partial charge < -0.3 is 10.1 Å². The molecule has 14 heavy (non-hydrogen) atoms. The highest BCUT2D eigenvalue weighted by atomic mass is 16.5. The van der Waals surface area contributed by atoms with Crippen LogP contribution in [0.1, 0.15) is 22.8 Å². The van der Waals surface area contributed by atoms with Crippen LogP contribution < -0.4 is 5.32 Å². The molecule has 0 fully saturated rings. The number of carbonyl (C=O) groups is 1. The summed E-state index contributed by atoms with van der Waals surface area (Å²) in [5.41, 5.74) is 1.30. The SMILES string of the molecule is [CH2]c1ccccc1C(=O)NC(C)OC. The molecule has 3 nitrogen and oxygen atoms in total. The Morgan fingerprint density at radius 2 is 2.14 bits per heavy atom. The summed E-state index contributed by atoms with van der Waals surface area (Å²) in [6, 6.07) is 7.19. The maximum absolute atomic E-state index is 11.6. The quantitative estimate of drug-likeness (QED) is 0.738. The van der Waals surface area contributed by atoms with Gasteiger partial charge in [-0.1, -0.05) is 18.2 Å². The van der Waals surface area contributed by atoms with Crippen LogP contribution in [0.2, 0.25) is 0 Å². The monoisotopic (exact) mass is 192 g/mol. The van der Waals surface area contributed by atoms with Crippen LogP contribution >= 0.6 is 0 Å². The maximum Gasteiger partial charge on any atom is 0.253 e. The second-order valence-corrected chi connectivity index (χ2v) is 3.01. The van der Waals surface area contributed by atoms with Crippen molar-refractivity contribution < 1.29 is 9.53 Å². The van der Waals surface area contributed by atoms with Gasteiger partial charge in [0, 0.05) is 12.7 Å². The van der Waals surface area contributed by atoms with Gasteiger partial charge in [0.05, 0.1) is 0 Å². The summed E-state index contributed by atoms with van der Waals surface area (Å²) in [4.78, 5) is 11.6. The highest BCUT2D eigenvalue weighted by Gasteiger charge is 2.10. The van der Waals surface area contributed by atoms with Gasteiger partial charge in [-0.2, -0.15) is 0 Å². The molecule has 3 heteroatoms. The zero-order valence-electron chi connectivity index (χ0n) is 8.41. The zero-order valence-corrected chi connectivity index (χ0v) is 8.41. The molecule has 0 bridgehead atoms. The average Bonchev–Trinajstić information content (AvgIpc) is 2.18. The van der Waals surface area contributed by atoms with E-state index >= 15 is 0 Å². The van der Waals surface area contributed by atoms with Crippen molar-refractivity contribution in [3.05, 3.63) is 42.3 Å². The van der Waals surface area contributed by atoms with Crippen molar-refractivity contribution in [1.29, 1.82) is 0 Å². The lowest BCUT2D eigenvalue weighted by atomic mass is 10.1. The molecule has 1 amide bonds. The van der Waals surface area contributed by atoms with Crippen LogP contribution in [0.4, 0.5) is 0 Å². The van der Waals surface area contributed by atoms with Gasteiger partial charge in [0.15, 0.2) is 0 Å². The van der Waals surface area contributed by atoms with Gasteiger partial charge >= 0.3 is 0 Å². The minimum Gasteiger partial charge on any atom is -0.362 e. The Morgan fingerprint density at radius 1 is 1.50 bits per heavy atom. The molecular formula is C11H14NO2. The van der Waals surface area contributed by atoms with Crippen LogP contribution in [0.5, 0.6) is 0 Å². The molecule has 0 aliphatic rings. The fourth-order valence-corrected chi connectivity index (χ4v) is 1.06. The molecule has 0 aliphatic heterocycles. The van der Waals surface area contributed by atoms with Crippen molar-refractivity contribution in [2.45, 2.75) is 13.2 Å². The van der Waals surface area contributed by atoms with E-state index in [1.165, 1.54) is 0 Å². The minimum atomic E-state index is -0.290. The first-order valence-electron chi connectivity index (χ1n) is 4.40. The minimum absolute atomic E-state index is 0.162. The molecule has 0 heterocycles. The molecular weight excluding hydrogens is 178 g/mol. The van der Waals surface area contributed by atoms with Gasteiger partial charge in [0.2, 0.25) is 0 Å². The van der Waals surface area contributed by atoms with Crippen LogP contribution in [-0.4, -0.2) is 19.2 Å². The molecule has 75 valence electrons. The lowest BCUT2D eigenvalue weighted by Crippen LogP contribution is -2.34. The molecule has 0 saturated heterocycles. The van der Waals surface area contributed by atoms with Gasteiger partial charge in [-0.15, -0.1) is 0 Å². The molecule has 0 aromatic heterocycles. The Bertz CT molecular complexity index is 323. The number of hydrogen-bond acceptors (Lipinski definition) is 2. The Morgan fingerprint density at radius 3 is 2.71 bits per heavy atom. The molecule has 0 aliphatic carbocycles. The number of carbonyl (C=O) groups excluding carboxylic acids is 1. The van der Waals surface area contributed by atoms with Crippen molar-refractivity contribution in [1.82, 2.24) is 5.32 Å². The van der Waals surface area contributed by atoms with Crippen LogP contribution in [0.25, 0.3) is 0 Å². The first-order chi connectivity index (χ1) is 6.65. The summed E-state index contributed by atoms with van der Waals surface area (Å²) >= 11 is 0. The molecule has 1 unspecified atom stereocenters. The molecule has 1 atom stereocenters. The van der Waals surface area contributed by atoms with E-state index in [-0.39, 0.29) is 12.1 Å². The van der Waals surface area contributed by atoms with Crippen LogP contribution in [-0.2, 0) is 4.74 Å². The van der Waals surface area contributed by atoms with E-state index in [9.17, 15) is 4.79 Å². The highest BCUT2D eigenvalue weighted by molar-refractivity contribution is 5.95. The van der Waals surface area contributed by atoms with E-state index in [0.29, 0.717) is 11.1 Å². The molecule has 1 rings (SSSR count). The Balaban J connectivity index is 2.75. The van der Waals surface area contributed by atoms with Crippen molar-refractivity contribution in [2.75, 3.05) is 7.11 Å². The predicted molar refractivity (Wildman–Crippen MR) is 54.8 cm³/mol. The number of methoxy groups -OCH3 is 1. The topological polar surface area (TPSA) is 38.3 Å². The fraction of sp³-hybridized carbons (Fsp3) is 0.273. The van der Waals surface area contributed by atoms with Gasteiger partial charge in [-0.25, -0.2) is 0 Å². The highest BCUT2D eigenvalue weighted by Crippen LogP contribution is 2.06. The molecule has 0 saturated carbocycles. The van der Waals surface area contributed by atoms with Crippen LogP contribution in [0, 0.1) is 6.92 Å². The number of nitrogens with one attached hydrogen (secondary N) is 1. The lowest BCUT2D eigenvalue weighted by molar-refractivity contribution is 0.0658. The number of rotatable bonds is 3. The number of hydrogen-bond donors (Lipinski definition) is 1. The van der Waals surface area contributed by atoms with E-state index in [0.717, 1.165) is 0 Å². The predicted octanol–water partition coefficient (Wildman–Crippen LogP) is 1.59. The third-order valence-electron chi connectivity index (χ3n) is 1.95. The average molecular weight is 192 g/mol. The smallest absolute Gasteiger partial charge is 0.253 e. The molecule has 1 N–H and O–H groups in total. The van der Waals surface area contributed by atoms with Crippen molar-refractivity contribution in [2.24, 2.45) is 0 Å². The number of amides is 1. The Kier molecular flexibility index (Phi) is 3.65. The third kappa shape index (κ3) is 2.57. The van der Waals surface area contributed by atoms with E-state index in [4.69, 9.17) is 4.74 Å². The van der Waals surface area contributed by atoms with Crippen molar-refractivity contribution in [3.8, 4) is 0 Å². The second kappa shape index (κ2) is 4.77. The summed E-state index contributed by atoms with van der Waals surface area (Å²) < 4.78 is 4.93. The van der Waals surface area contributed by atoms with E-state index < -0.39 is 0 Å². The van der Waals surface area contributed by atoms with E-state index in [1.54, 1.807) is 32.2 Å². The van der Waals surface area contributed by atoms with Crippen LogP contribution in [0.15, 0.2) is 24.3 Å². The molecule has 1 aromatic rings. The summed E-state index contributed by atoms with van der Waals surface area (Å²) in [6.45, 7) is 5.54. The standard InChI is InChI=1S/C11H14NO2/c1-8-6-4-5-7-10(8)11(13)12-9(2)14-3/h4-7,9H,1H2,2-3H3,(H,12,13). The first-order valence-corrected chi connectivity index (χ1v) is 4.40. The fourth-order valence-electron chi connectivity index (χ4n) is 1.06. The van der Waals surface area contributed by atoms with Gasteiger partial charge in [0.25, 0.3) is 5.91 Å². The number of benzene rings is 1. The Labute approximate surface area is 84.1 Å². The molecule has 1 aromatic carbocycles. The lowest BCUT2D eigenvalue weighted by Gasteiger charge is -2.12. The summed E-state index contributed by atoms with van der Waals surface area (Å²) in [5.74, 6) is -0.162. The molecule has 0 spiro atoms. The zero-order chi connectivity index (χ0) is 10.6.